The lowest BCUT2D eigenvalue weighted by molar-refractivity contribution is 0.0369. The van der Waals surface area contributed by atoms with Crippen molar-refractivity contribution in [3.63, 3.8) is 0 Å². The number of nitrogens with zero attached hydrogens (tertiary/aromatic N) is 6. The highest BCUT2D eigenvalue weighted by Crippen LogP contribution is 2.21. The molecule has 9 nitrogen and oxygen atoms in total. The molecule has 0 bridgehead atoms. The summed E-state index contributed by atoms with van der Waals surface area (Å²) in [5, 5.41) is 0. The van der Waals surface area contributed by atoms with Crippen molar-refractivity contribution in [3.05, 3.63) is 67.9 Å². The Hall–Kier alpha value is -3.24. The third-order valence-corrected chi connectivity index (χ3v) is 6.88. The van der Waals surface area contributed by atoms with E-state index in [0.717, 1.165) is 61.8 Å². The van der Waals surface area contributed by atoms with Crippen molar-refractivity contribution >= 4 is 16.9 Å². The highest BCUT2D eigenvalue weighted by atomic mass is 19.1. The van der Waals surface area contributed by atoms with E-state index < -0.39 is 17.1 Å². The van der Waals surface area contributed by atoms with Gasteiger partial charge in [-0.1, -0.05) is 18.2 Å². The summed E-state index contributed by atoms with van der Waals surface area (Å²) in [4.78, 5) is 33.7. The molecule has 5 rings (SSSR count). The van der Waals surface area contributed by atoms with E-state index in [1.807, 2.05) is 18.2 Å². The molecule has 3 aromatic heterocycles. The average molecular weight is 469 g/mol. The van der Waals surface area contributed by atoms with Crippen LogP contribution in [-0.2, 0) is 24.9 Å². The van der Waals surface area contributed by atoms with E-state index in [0.29, 0.717) is 16.9 Å². The zero-order valence-corrected chi connectivity index (χ0v) is 19.8. The van der Waals surface area contributed by atoms with Crippen molar-refractivity contribution in [1.82, 2.24) is 28.0 Å². The summed E-state index contributed by atoms with van der Waals surface area (Å²) in [6.07, 6.45) is 0.935. The SMILES string of the molecule is Cc1c(C)n2c3c(=O)n(Cc4ccccc4F)c(=O)n(C)c3nc2n1CCCN1CCOCC1. The zero-order valence-electron chi connectivity index (χ0n) is 19.8. The second kappa shape index (κ2) is 8.84. The predicted octanol–water partition coefficient (Wildman–Crippen LogP) is 1.68. The Morgan fingerprint density at radius 3 is 2.50 bits per heavy atom. The number of benzene rings is 1. The van der Waals surface area contributed by atoms with Gasteiger partial charge in [0, 0.05) is 50.2 Å². The van der Waals surface area contributed by atoms with E-state index in [-0.39, 0.29) is 12.1 Å². The summed E-state index contributed by atoms with van der Waals surface area (Å²) in [7, 11) is 1.60. The van der Waals surface area contributed by atoms with Crippen LogP contribution >= 0.6 is 0 Å². The molecule has 4 heterocycles. The molecule has 10 heteroatoms. The van der Waals surface area contributed by atoms with Crippen LogP contribution in [-0.4, -0.2) is 60.8 Å². The molecule has 4 aromatic rings. The summed E-state index contributed by atoms with van der Waals surface area (Å²) in [6.45, 7) is 8.96. The van der Waals surface area contributed by atoms with Gasteiger partial charge < -0.3 is 9.30 Å². The van der Waals surface area contributed by atoms with Crippen LogP contribution in [0.1, 0.15) is 23.4 Å². The third-order valence-electron chi connectivity index (χ3n) is 6.88. The lowest BCUT2D eigenvalue weighted by atomic mass is 10.2. The predicted molar refractivity (Wildman–Crippen MR) is 127 cm³/mol. The van der Waals surface area contributed by atoms with Gasteiger partial charge in [0.15, 0.2) is 11.2 Å². The van der Waals surface area contributed by atoms with E-state index in [1.54, 1.807) is 25.2 Å². The molecule has 0 unspecified atom stereocenters. The van der Waals surface area contributed by atoms with Crippen LogP contribution in [0.25, 0.3) is 16.9 Å². The molecular formula is C24H29FN6O3. The van der Waals surface area contributed by atoms with Crippen LogP contribution < -0.4 is 11.2 Å². The Morgan fingerprint density at radius 2 is 1.76 bits per heavy atom. The van der Waals surface area contributed by atoms with Crippen LogP contribution in [0.15, 0.2) is 33.9 Å². The summed E-state index contributed by atoms with van der Waals surface area (Å²) in [5.74, 6) is 0.191. The van der Waals surface area contributed by atoms with Gasteiger partial charge in [0.1, 0.15) is 5.82 Å². The van der Waals surface area contributed by atoms with Crippen molar-refractivity contribution in [3.8, 4) is 0 Å². The maximum atomic E-state index is 14.3. The number of rotatable bonds is 6. The fourth-order valence-corrected chi connectivity index (χ4v) is 4.80. The number of ether oxygens (including phenoxy) is 1. The Kier molecular flexibility index (Phi) is 5.86. The molecule has 0 N–H and O–H groups in total. The van der Waals surface area contributed by atoms with Gasteiger partial charge in [-0.25, -0.2) is 9.18 Å². The summed E-state index contributed by atoms with van der Waals surface area (Å²) in [6, 6.07) is 6.17. The molecule has 1 fully saturated rings. The van der Waals surface area contributed by atoms with Crippen molar-refractivity contribution < 1.29 is 9.13 Å². The van der Waals surface area contributed by atoms with Crippen molar-refractivity contribution in [2.24, 2.45) is 7.05 Å². The maximum Gasteiger partial charge on any atom is 0.332 e. The minimum atomic E-state index is -0.519. The Bertz CT molecular complexity index is 1490. The number of morpholine rings is 1. The minimum absolute atomic E-state index is 0.139. The lowest BCUT2D eigenvalue weighted by Crippen LogP contribution is -2.39. The zero-order chi connectivity index (χ0) is 24.0. The smallest absolute Gasteiger partial charge is 0.332 e. The van der Waals surface area contributed by atoms with E-state index in [2.05, 4.69) is 9.47 Å². The van der Waals surface area contributed by atoms with E-state index in [4.69, 9.17) is 9.72 Å². The van der Waals surface area contributed by atoms with Gasteiger partial charge in [-0.05, 0) is 26.3 Å². The fourth-order valence-electron chi connectivity index (χ4n) is 4.80. The minimum Gasteiger partial charge on any atom is -0.379 e. The maximum absolute atomic E-state index is 14.3. The van der Waals surface area contributed by atoms with Crippen LogP contribution in [0.3, 0.4) is 0 Å². The first-order valence-electron chi connectivity index (χ1n) is 11.6. The summed E-state index contributed by atoms with van der Waals surface area (Å²) < 4.78 is 26.1. The molecule has 1 aliphatic rings. The number of hydrogen-bond donors (Lipinski definition) is 0. The Morgan fingerprint density at radius 1 is 1.03 bits per heavy atom. The van der Waals surface area contributed by atoms with Crippen LogP contribution in [0, 0.1) is 19.7 Å². The number of halogens is 1. The van der Waals surface area contributed by atoms with E-state index in [9.17, 15) is 14.0 Å². The summed E-state index contributed by atoms with van der Waals surface area (Å²) >= 11 is 0. The number of aryl methyl sites for hydroxylation is 3. The molecule has 1 aliphatic heterocycles. The second-order valence-electron chi connectivity index (χ2n) is 8.87. The molecule has 1 saturated heterocycles. The number of hydrogen-bond acceptors (Lipinski definition) is 5. The van der Waals surface area contributed by atoms with Crippen LogP contribution in [0.2, 0.25) is 0 Å². The van der Waals surface area contributed by atoms with Crippen molar-refractivity contribution in [2.75, 3.05) is 32.8 Å². The topological polar surface area (TPSA) is 78.7 Å². The fraction of sp³-hybridized carbons (Fsp3) is 0.458. The number of imidazole rings is 2. The molecule has 0 atom stereocenters. The largest absolute Gasteiger partial charge is 0.379 e. The van der Waals surface area contributed by atoms with Gasteiger partial charge in [-0.15, -0.1) is 0 Å². The Balaban J connectivity index is 1.58. The molecule has 34 heavy (non-hydrogen) atoms. The van der Waals surface area contributed by atoms with Crippen molar-refractivity contribution in [1.29, 1.82) is 0 Å². The normalized spacial score (nSPS) is 15.1. The van der Waals surface area contributed by atoms with Gasteiger partial charge in [0.05, 0.1) is 19.8 Å². The van der Waals surface area contributed by atoms with Gasteiger partial charge >= 0.3 is 5.69 Å². The van der Waals surface area contributed by atoms with Crippen molar-refractivity contribution in [2.45, 2.75) is 33.4 Å². The molecule has 0 saturated carbocycles. The first-order chi connectivity index (χ1) is 16.4. The first kappa shape index (κ1) is 22.5. The number of fused-ring (bicyclic) bond motifs is 3. The van der Waals surface area contributed by atoms with Gasteiger partial charge in [-0.3, -0.25) is 23.2 Å². The molecule has 0 aliphatic carbocycles. The first-order valence-corrected chi connectivity index (χ1v) is 11.6. The average Bonchev–Trinajstić information content (AvgIpc) is 3.34. The van der Waals surface area contributed by atoms with Gasteiger partial charge in [0.25, 0.3) is 5.56 Å². The van der Waals surface area contributed by atoms with E-state index >= 15 is 0 Å². The number of aromatic nitrogens is 5. The molecule has 0 spiro atoms. The van der Waals surface area contributed by atoms with Gasteiger partial charge in [-0.2, -0.15) is 4.98 Å². The second-order valence-corrected chi connectivity index (χ2v) is 8.87. The third kappa shape index (κ3) is 3.67. The highest BCUT2D eigenvalue weighted by Gasteiger charge is 2.23. The highest BCUT2D eigenvalue weighted by molar-refractivity contribution is 5.76. The monoisotopic (exact) mass is 468 g/mol. The molecule has 0 radical (unpaired) electrons. The van der Waals surface area contributed by atoms with Crippen LogP contribution in [0.4, 0.5) is 4.39 Å². The van der Waals surface area contributed by atoms with E-state index in [1.165, 1.54) is 10.6 Å². The van der Waals surface area contributed by atoms with Crippen LogP contribution in [0.5, 0.6) is 0 Å². The van der Waals surface area contributed by atoms with Gasteiger partial charge in [0.2, 0.25) is 5.78 Å². The molecule has 180 valence electrons. The quantitative estimate of drug-likeness (QED) is 0.430. The molecule has 0 amide bonds. The standard InChI is InChI=1S/C24H29FN6O3/c1-16-17(2)31-20-21(26-23(31)29(16)10-6-9-28-11-13-34-14-12-28)27(3)24(33)30(22(20)32)15-18-7-4-5-8-19(18)25/h4-5,7-8H,6,9-15H2,1-3H3. The molecule has 1 aromatic carbocycles. The lowest BCUT2D eigenvalue weighted by Gasteiger charge is -2.26. The Labute approximate surface area is 195 Å². The molecular weight excluding hydrogens is 439 g/mol. The summed E-state index contributed by atoms with van der Waals surface area (Å²) in [5.41, 5.74) is 1.89.